The summed E-state index contributed by atoms with van der Waals surface area (Å²) in [5.41, 5.74) is 6.88. The Hall–Kier alpha value is -0.930. The number of pyridine rings is 1. The first-order valence-electron chi connectivity index (χ1n) is 5.14. The van der Waals surface area contributed by atoms with Crippen molar-refractivity contribution in [2.24, 2.45) is 5.73 Å². The van der Waals surface area contributed by atoms with Gasteiger partial charge < -0.3 is 11.1 Å². The first-order valence-corrected chi connectivity index (χ1v) is 5.14. The fraction of sp³-hybridized carbons (Fsp3) is 0.545. The lowest BCUT2D eigenvalue weighted by atomic mass is 10.2. The first-order chi connectivity index (χ1) is 6.79. The highest BCUT2D eigenvalue weighted by atomic mass is 14.8. The molecule has 1 unspecified atom stereocenters. The van der Waals surface area contributed by atoms with Crippen LogP contribution in [-0.4, -0.2) is 17.6 Å². The summed E-state index contributed by atoms with van der Waals surface area (Å²) in [7, 11) is 0. The van der Waals surface area contributed by atoms with Gasteiger partial charge in [0, 0.05) is 25.0 Å². The minimum absolute atomic E-state index is 0.315. The SMILES string of the molecule is CC(N)CCCNCc1cccnc1. The predicted molar refractivity (Wildman–Crippen MR) is 58.8 cm³/mol. The van der Waals surface area contributed by atoms with Crippen LogP contribution in [0.5, 0.6) is 0 Å². The van der Waals surface area contributed by atoms with E-state index >= 15 is 0 Å². The van der Waals surface area contributed by atoms with Gasteiger partial charge in [-0.05, 0) is 37.9 Å². The molecule has 0 radical (unpaired) electrons. The van der Waals surface area contributed by atoms with Gasteiger partial charge in [-0.3, -0.25) is 4.98 Å². The highest BCUT2D eigenvalue weighted by Crippen LogP contribution is 1.95. The third-order valence-electron chi connectivity index (χ3n) is 2.06. The van der Waals surface area contributed by atoms with Crippen LogP contribution in [-0.2, 0) is 6.54 Å². The van der Waals surface area contributed by atoms with Crippen molar-refractivity contribution < 1.29 is 0 Å². The van der Waals surface area contributed by atoms with Crippen molar-refractivity contribution in [1.82, 2.24) is 10.3 Å². The Morgan fingerprint density at radius 2 is 2.43 bits per heavy atom. The minimum atomic E-state index is 0.315. The van der Waals surface area contributed by atoms with Gasteiger partial charge >= 0.3 is 0 Å². The molecule has 14 heavy (non-hydrogen) atoms. The molecule has 0 amide bonds. The lowest BCUT2D eigenvalue weighted by Gasteiger charge is -2.06. The van der Waals surface area contributed by atoms with E-state index in [2.05, 4.69) is 16.4 Å². The Labute approximate surface area is 85.7 Å². The maximum Gasteiger partial charge on any atom is 0.0312 e. The molecule has 1 aromatic rings. The highest BCUT2D eigenvalue weighted by molar-refractivity contribution is 5.07. The highest BCUT2D eigenvalue weighted by Gasteiger charge is 1.94. The summed E-state index contributed by atoms with van der Waals surface area (Å²) >= 11 is 0. The van der Waals surface area contributed by atoms with Crippen LogP contribution in [0.25, 0.3) is 0 Å². The summed E-state index contributed by atoms with van der Waals surface area (Å²) in [5.74, 6) is 0. The summed E-state index contributed by atoms with van der Waals surface area (Å²) in [4.78, 5) is 4.05. The summed E-state index contributed by atoms with van der Waals surface area (Å²) < 4.78 is 0. The second-order valence-electron chi connectivity index (χ2n) is 3.66. The van der Waals surface area contributed by atoms with Crippen LogP contribution in [0.2, 0.25) is 0 Å². The molecule has 1 rings (SSSR count). The molecule has 0 saturated carbocycles. The number of nitrogens with one attached hydrogen (secondary N) is 1. The molecule has 1 aromatic heterocycles. The molecule has 0 aliphatic carbocycles. The van der Waals surface area contributed by atoms with Crippen molar-refractivity contribution in [2.75, 3.05) is 6.54 Å². The van der Waals surface area contributed by atoms with Gasteiger partial charge in [0.15, 0.2) is 0 Å². The average molecular weight is 193 g/mol. The van der Waals surface area contributed by atoms with Gasteiger partial charge in [0.1, 0.15) is 0 Å². The van der Waals surface area contributed by atoms with Gasteiger partial charge in [-0.2, -0.15) is 0 Å². The maximum absolute atomic E-state index is 5.65. The van der Waals surface area contributed by atoms with Gasteiger partial charge in [-0.25, -0.2) is 0 Å². The van der Waals surface area contributed by atoms with E-state index in [0.29, 0.717) is 6.04 Å². The Morgan fingerprint density at radius 3 is 3.07 bits per heavy atom. The fourth-order valence-corrected chi connectivity index (χ4v) is 1.28. The Morgan fingerprint density at radius 1 is 1.57 bits per heavy atom. The number of nitrogens with two attached hydrogens (primary N) is 1. The quantitative estimate of drug-likeness (QED) is 0.669. The summed E-state index contributed by atoms with van der Waals surface area (Å²) in [6, 6.07) is 4.35. The van der Waals surface area contributed by atoms with Crippen molar-refractivity contribution in [3.8, 4) is 0 Å². The molecule has 0 bridgehead atoms. The molecular formula is C11H19N3. The third kappa shape index (κ3) is 4.94. The second-order valence-corrected chi connectivity index (χ2v) is 3.66. The van der Waals surface area contributed by atoms with Gasteiger partial charge in [0.05, 0.1) is 0 Å². The number of hydrogen-bond acceptors (Lipinski definition) is 3. The lowest BCUT2D eigenvalue weighted by molar-refractivity contribution is 0.574. The van der Waals surface area contributed by atoms with Crippen LogP contribution < -0.4 is 11.1 Å². The van der Waals surface area contributed by atoms with Crippen molar-refractivity contribution in [3.63, 3.8) is 0 Å². The van der Waals surface area contributed by atoms with E-state index < -0.39 is 0 Å². The topological polar surface area (TPSA) is 50.9 Å². The van der Waals surface area contributed by atoms with E-state index in [0.717, 1.165) is 25.9 Å². The van der Waals surface area contributed by atoms with Crippen LogP contribution in [0.3, 0.4) is 0 Å². The summed E-state index contributed by atoms with van der Waals surface area (Å²) in [6.45, 7) is 3.96. The van der Waals surface area contributed by atoms with Crippen LogP contribution >= 0.6 is 0 Å². The van der Waals surface area contributed by atoms with Crippen molar-refractivity contribution in [1.29, 1.82) is 0 Å². The van der Waals surface area contributed by atoms with Gasteiger partial charge in [-0.15, -0.1) is 0 Å². The molecule has 0 fully saturated rings. The molecular weight excluding hydrogens is 174 g/mol. The third-order valence-corrected chi connectivity index (χ3v) is 2.06. The predicted octanol–water partition coefficient (Wildman–Crippen LogP) is 1.30. The average Bonchev–Trinajstić information content (AvgIpc) is 2.18. The summed E-state index contributed by atoms with van der Waals surface area (Å²) in [5, 5.41) is 3.36. The molecule has 78 valence electrons. The maximum atomic E-state index is 5.65. The standard InChI is InChI=1S/C11H19N3/c1-10(12)4-2-6-13-8-11-5-3-7-14-9-11/h3,5,7,9-10,13H,2,4,6,8,12H2,1H3. The van der Waals surface area contributed by atoms with Crippen LogP contribution in [0.4, 0.5) is 0 Å². The second kappa shape index (κ2) is 6.51. The van der Waals surface area contributed by atoms with E-state index in [4.69, 9.17) is 5.73 Å². The molecule has 0 spiro atoms. The molecule has 3 heteroatoms. The fourth-order valence-electron chi connectivity index (χ4n) is 1.28. The van der Waals surface area contributed by atoms with Crippen molar-refractivity contribution in [3.05, 3.63) is 30.1 Å². The lowest BCUT2D eigenvalue weighted by Crippen LogP contribution is -2.19. The van der Waals surface area contributed by atoms with Crippen molar-refractivity contribution in [2.45, 2.75) is 32.4 Å². The van der Waals surface area contributed by atoms with E-state index in [-0.39, 0.29) is 0 Å². The van der Waals surface area contributed by atoms with Gasteiger partial charge in [0.25, 0.3) is 0 Å². The van der Waals surface area contributed by atoms with E-state index in [9.17, 15) is 0 Å². The molecule has 1 atom stereocenters. The van der Waals surface area contributed by atoms with E-state index in [1.165, 1.54) is 5.56 Å². The van der Waals surface area contributed by atoms with Crippen LogP contribution in [0, 0.1) is 0 Å². The molecule has 3 nitrogen and oxygen atoms in total. The monoisotopic (exact) mass is 193 g/mol. The van der Waals surface area contributed by atoms with Crippen LogP contribution in [0.1, 0.15) is 25.3 Å². The molecule has 1 heterocycles. The Bertz CT molecular complexity index is 234. The largest absolute Gasteiger partial charge is 0.328 e. The molecule has 3 N–H and O–H groups in total. The Kier molecular flexibility index (Phi) is 5.19. The number of aromatic nitrogens is 1. The minimum Gasteiger partial charge on any atom is -0.328 e. The molecule has 0 aromatic carbocycles. The first kappa shape index (κ1) is 11.1. The summed E-state index contributed by atoms with van der Waals surface area (Å²) in [6.07, 6.45) is 5.90. The van der Waals surface area contributed by atoms with E-state index in [1.54, 1.807) is 6.20 Å². The molecule has 0 saturated heterocycles. The van der Waals surface area contributed by atoms with Crippen molar-refractivity contribution >= 4 is 0 Å². The smallest absolute Gasteiger partial charge is 0.0312 e. The molecule has 0 aliphatic heterocycles. The van der Waals surface area contributed by atoms with E-state index in [1.807, 2.05) is 19.2 Å². The van der Waals surface area contributed by atoms with Crippen LogP contribution in [0.15, 0.2) is 24.5 Å². The zero-order valence-corrected chi connectivity index (χ0v) is 8.74. The number of nitrogens with zero attached hydrogens (tertiary/aromatic N) is 1. The Balaban J connectivity index is 2.05. The zero-order valence-electron chi connectivity index (χ0n) is 8.74. The zero-order chi connectivity index (χ0) is 10.2. The normalized spacial score (nSPS) is 12.7. The van der Waals surface area contributed by atoms with Gasteiger partial charge in [0.2, 0.25) is 0 Å². The van der Waals surface area contributed by atoms with Gasteiger partial charge in [-0.1, -0.05) is 6.07 Å². The number of rotatable bonds is 6. The number of hydrogen-bond donors (Lipinski definition) is 2. The molecule has 0 aliphatic rings.